The monoisotopic (exact) mass is 263 g/mol. The van der Waals surface area contributed by atoms with Crippen LogP contribution in [0, 0.1) is 0 Å². The van der Waals surface area contributed by atoms with Crippen molar-refractivity contribution >= 4 is 23.6 Å². The van der Waals surface area contributed by atoms with Crippen molar-refractivity contribution in [3.63, 3.8) is 0 Å². The SMILES string of the molecule is O=C(O)/C=C/C(=O)NC1CCSc2ccccc21. The highest BCUT2D eigenvalue weighted by Gasteiger charge is 2.20. The number of fused-ring (bicyclic) bond motifs is 1. The third-order valence-electron chi connectivity index (χ3n) is 2.65. The molecule has 1 aliphatic rings. The Morgan fingerprint density at radius 1 is 1.33 bits per heavy atom. The van der Waals surface area contributed by atoms with Crippen molar-refractivity contribution in [2.75, 3.05) is 5.75 Å². The van der Waals surface area contributed by atoms with E-state index in [1.54, 1.807) is 11.8 Å². The molecule has 1 unspecified atom stereocenters. The standard InChI is InChI=1S/C13H13NO3S/c15-12(5-6-13(16)17)14-10-7-8-18-11-4-2-1-3-9(10)11/h1-6,10H,7-8H2,(H,14,15)(H,16,17)/b6-5+. The van der Waals surface area contributed by atoms with E-state index in [0.717, 1.165) is 29.9 Å². The van der Waals surface area contributed by atoms with E-state index in [2.05, 4.69) is 5.32 Å². The Balaban J connectivity index is 2.07. The number of hydrogen-bond donors (Lipinski definition) is 2. The van der Waals surface area contributed by atoms with Crippen molar-refractivity contribution in [1.29, 1.82) is 0 Å². The molecule has 4 nitrogen and oxygen atoms in total. The van der Waals surface area contributed by atoms with E-state index in [4.69, 9.17) is 5.11 Å². The lowest BCUT2D eigenvalue weighted by Gasteiger charge is -2.25. The molecule has 0 fully saturated rings. The van der Waals surface area contributed by atoms with E-state index in [1.165, 1.54) is 4.90 Å². The maximum atomic E-state index is 11.6. The van der Waals surface area contributed by atoms with Crippen LogP contribution in [0.3, 0.4) is 0 Å². The number of carbonyl (C=O) groups excluding carboxylic acids is 1. The van der Waals surface area contributed by atoms with Crippen LogP contribution in [0.15, 0.2) is 41.3 Å². The van der Waals surface area contributed by atoms with Crippen LogP contribution in [-0.2, 0) is 9.59 Å². The lowest BCUT2D eigenvalue weighted by molar-refractivity contribution is -0.131. The molecule has 0 aromatic heterocycles. The van der Waals surface area contributed by atoms with E-state index in [-0.39, 0.29) is 11.9 Å². The molecule has 0 spiro atoms. The van der Waals surface area contributed by atoms with Gasteiger partial charge in [0.1, 0.15) is 0 Å². The summed E-state index contributed by atoms with van der Waals surface area (Å²) in [5.74, 6) is -0.543. The number of carboxylic acid groups (broad SMARTS) is 1. The Labute approximate surface area is 109 Å². The van der Waals surface area contributed by atoms with E-state index in [1.807, 2.05) is 24.3 Å². The highest BCUT2D eigenvalue weighted by Crippen LogP contribution is 2.35. The molecule has 0 bridgehead atoms. The Morgan fingerprint density at radius 2 is 2.11 bits per heavy atom. The second-order valence-corrected chi connectivity index (χ2v) is 5.04. The van der Waals surface area contributed by atoms with E-state index in [9.17, 15) is 9.59 Å². The van der Waals surface area contributed by atoms with Crippen molar-refractivity contribution in [3.05, 3.63) is 42.0 Å². The molecule has 1 aliphatic heterocycles. The summed E-state index contributed by atoms with van der Waals surface area (Å²) in [6, 6.07) is 7.91. The molecule has 1 aromatic carbocycles. The number of amides is 1. The fourth-order valence-electron chi connectivity index (χ4n) is 1.86. The van der Waals surface area contributed by atoms with Gasteiger partial charge in [-0.15, -0.1) is 11.8 Å². The number of rotatable bonds is 3. The van der Waals surface area contributed by atoms with Gasteiger partial charge in [-0.3, -0.25) is 4.79 Å². The Bertz CT molecular complexity index is 499. The summed E-state index contributed by atoms with van der Waals surface area (Å²) in [4.78, 5) is 23.1. The predicted octanol–water partition coefficient (Wildman–Crippen LogP) is 1.98. The third-order valence-corrected chi connectivity index (χ3v) is 3.77. The van der Waals surface area contributed by atoms with Crippen LogP contribution < -0.4 is 5.32 Å². The summed E-state index contributed by atoms with van der Waals surface area (Å²) in [6.45, 7) is 0. The van der Waals surface area contributed by atoms with Gasteiger partial charge in [-0.1, -0.05) is 18.2 Å². The first kappa shape index (κ1) is 12.7. The van der Waals surface area contributed by atoms with Crippen molar-refractivity contribution in [3.8, 4) is 0 Å². The molecule has 1 heterocycles. The van der Waals surface area contributed by atoms with Gasteiger partial charge in [-0.05, 0) is 18.1 Å². The van der Waals surface area contributed by atoms with Crippen LogP contribution >= 0.6 is 11.8 Å². The van der Waals surface area contributed by atoms with Gasteiger partial charge in [0.2, 0.25) is 5.91 Å². The van der Waals surface area contributed by atoms with Gasteiger partial charge in [-0.25, -0.2) is 4.79 Å². The van der Waals surface area contributed by atoms with Gasteiger partial charge < -0.3 is 10.4 Å². The number of carbonyl (C=O) groups is 2. The summed E-state index contributed by atoms with van der Waals surface area (Å²) < 4.78 is 0. The molecular formula is C13H13NO3S. The first-order chi connectivity index (χ1) is 8.66. The van der Waals surface area contributed by atoms with Gasteiger partial charge in [0.15, 0.2) is 0 Å². The van der Waals surface area contributed by atoms with Gasteiger partial charge in [-0.2, -0.15) is 0 Å². The highest BCUT2D eigenvalue weighted by atomic mass is 32.2. The Hall–Kier alpha value is -1.75. The van der Waals surface area contributed by atoms with Crippen molar-refractivity contribution in [2.24, 2.45) is 0 Å². The Morgan fingerprint density at radius 3 is 2.89 bits per heavy atom. The molecule has 1 amide bonds. The molecule has 94 valence electrons. The van der Waals surface area contributed by atoms with Crippen LogP contribution in [0.5, 0.6) is 0 Å². The summed E-state index contributed by atoms with van der Waals surface area (Å²) in [5.41, 5.74) is 1.10. The van der Waals surface area contributed by atoms with Gasteiger partial charge in [0.25, 0.3) is 0 Å². The van der Waals surface area contributed by atoms with Crippen LogP contribution in [0.2, 0.25) is 0 Å². The highest BCUT2D eigenvalue weighted by molar-refractivity contribution is 7.99. The first-order valence-corrected chi connectivity index (χ1v) is 6.58. The zero-order valence-electron chi connectivity index (χ0n) is 9.63. The number of thioether (sulfide) groups is 1. The largest absolute Gasteiger partial charge is 0.478 e. The van der Waals surface area contributed by atoms with Crippen molar-refractivity contribution in [1.82, 2.24) is 5.32 Å². The normalized spacial score (nSPS) is 18.3. The second-order valence-electron chi connectivity index (χ2n) is 3.91. The lowest BCUT2D eigenvalue weighted by atomic mass is 10.0. The topological polar surface area (TPSA) is 66.4 Å². The summed E-state index contributed by atoms with van der Waals surface area (Å²) in [6.07, 6.45) is 2.75. The molecule has 0 saturated carbocycles. The third kappa shape index (κ3) is 3.13. The van der Waals surface area contributed by atoms with E-state index >= 15 is 0 Å². The molecule has 0 saturated heterocycles. The minimum atomic E-state index is -1.12. The Kier molecular flexibility index (Phi) is 4.04. The van der Waals surface area contributed by atoms with E-state index < -0.39 is 5.97 Å². The van der Waals surface area contributed by atoms with Gasteiger partial charge >= 0.3 is 5.97 Å². The second kappa shape index (κ2) is 5.73. The van der Waals surface area contributed by atoms with Crippen LogP contribution in [0.25, 0.3) is 0 Å². The average molecular weight is 263 g/mol. The molecule has 5 heteroatoms. The molecule has 2 N–H and O–H groups in total. The average Bonchev–Trinajstić information content (AvgIpc) is 2.37. The predicted molar refractivity (Wildman–Crippen MR) is 69.4 cm³/mol. The minimum Gasteiger partial charge on any atom is -0.478 e. The van der Waals surface area contributed by atoms with E-state index in [0.29, 0.717) is 0 Å². The fraction of sp³-hybridized carbons (Fsp3) is 0.231. The van der Waals surface area contributed by atoms with Gasteiger partial charge in [0.05, 0.1) is 6.04 Å². The summed E-state index contributed by atoms with van der Waals surface area (Å²) in [5, 5.41) is 11.3. The molecular weight excluding hydrogens is 250 g/mol. The molecule has 0 radical (unpaired) electrons. The molecule has 1 aromatic rings. The van der Waals surface area contributed by atoms with Gasteiger partial charge in [0, 0.05) is 22.8 Å². The zero-order valence-corrected chi connectivity index (χ0v) is 10.4. The number of carboxylic acids is 1. The van der Waals surface area contributed by atoms with Crippen LogP contribution in [0.4, 0.5) is 0 Å². The fourth-order valence-corrected chi connectivity index (χ4v) is 2.98. The quantitative estimate of drug-likeness (QED) is 0.818. The summed E-state index contributed by atoms with van der Waals surface area (Å²) in [7, 11) is 0. The maximum Gasteiger partial charge on any atom is 0.328 e. The minimum absolute atomic E-state index is 0.0339. The molecule has 0 aliphatic carbocycles. The van der Waals surface area contributed by atoms with Crippen molar-refractivity contribution < 1.29 is 14.7 Å². The summed E-state index contributed by atoms with van der Waals surface area (Å²) >= 11 is 1.77. The molecule has 2 rings (SSSR count). The number of nitrogens with one attached hydrogen (secondary N) is 1. The molecule has 1 atom stereocenters. The van der Waals surface area contributed by atoms with Crippen LogP contribution in [0.1, 0.15) is 18.0 Å². The number of hydrogen-bond acceptors (Lipinski definition) is 3. The maximum absolute atomic E-state index is 11.6. The smallest absolute Gasteiger partial charge is 0.328 e. The first-order valence-electron chi connectivity index (χ1n) is 5.60. The molecule has 18 heavy (non-hydrogen) atoms. The van der Waals surface area contributed by atoms with Crippen LogP contribution in [-0.4, -0.2) is 22.7 Å². The number of aliphatic carboxylic acids is 1. The zero-order chi connectivity index (χ0) is 13.0. The lowest BCUT2D eigenvalue weighted by Crippen LogP contribution is -2.29. The van der Waals surface area contributed by atoms with Crippen molar-refractivity contribution in [2.45, 2.75) is 17.4 Å². The number of benzene rings is 1.